The predicted molar refractivity (Wildman–Crippen MR) is 350 cm³/mol. The first-order chi connectivity index (χ1) is 42.1. The summed E-state index contributed by atoms with van der Waals surface area (Å²) in [5.41, 5.74) is 0. The molecule has 0 spiro atoms. The highest BCUT2D eigenvalue weighted by molar-refractivity contribution is 5.76. The maximum atomic E-state index is 13.3. The lowest BCUT2D eigenvalue weighted by Crippen LogP contribution is -2.65. The van der Waals surface area contributed by atoms with E-state index in [1.165, 1.54) is 89.9 Å². The minimum atomic E-state index is -1.80. The lowest BCUT2D eigenvalue weighted by Gasteiger charge is -2.46. The Morgan fingerprint density at radius 1 is 0.430 bits per heavy atom. The van der Waals surface area contributed by atoms with Gasteiger partial charge >= 0.3 is 0 Å². The van der Waals surface area contributed by atoms with Crippen molar-refractivity contribution < 1.29 is 64.6 Å². The summed E-state index contributed by atoms with van der Waals surface area (Å²) in [5, 5.41) is 87.1. The number of nitrogens with one attached hydrogen (secondary N) is 1. The minimum absolute atomic E-state index is 0.259. The number of aliphatic hydroxyl groups excluding tert-OH is 8. The molecule has 2 saturated heterocycles. The van der Waals surface area contributed by atoms with Crippen LogP contribution in [0, 0.1) is 0 Å². The highest BCUT2D eigenvalue weighted by atomic mass is 16.7. The highest BCUT2D eigenvalue weighted by Gasteiger charge is 2.51. The summed E-state index contributed by atoms with van der Waals surface area (Å²) in [6, 6.07) is -0.941. The SMILES string of the molecule is CC/C=C\C/C=C\C/C=C\C/C=C\C/C=C\C/C=C\C/C=C\C/C=C\C/C=C\CCCCCCCCCCCCCC(=O)NC(COC1OC(CO)C(OC2OC(CO)C(O)C(O)C2O)C(O)C1O)C(O)/C=C/CC/C=C/CCCCCCCCC. The molecule has 490 valence electrons. The first-order valence-corrected chi connectivity index (χ1v) is 33.4. The second kappa shape index (κ2) is 55.2. The summed E-state index contributed by atoms with van der Waals surface area (Å²) in [4.78, 5) is 13.3. The van der Waals surface area contributed by atoms with E-state index >= 15 is 0 Å². The number of unbranched alkanes of at least 4 members (excludes halogenated alkanes) is 19. The molecule has 0 aromatic heterocycles. The van der Waals surface area contributed by atoms with Gasteiger partial charge in [0.1, 0.15) is 48.8 Å². The highest BCUT2D eigenvalue weighted by Crippen LogP contribution is 2.30. The van der Waals surface area contributed by atoms with E-state index in [4.69, 9.17) is 18.9 Å². The van der Waals surface area contributed by atoms with Crippen LogP contribution in [0.25, 0.3) is 0 Å². The van der Waals surface area contributed by atoms with Gasteiger partial charge in [-0.15, -0.1) is 0 Å². The normalized spacial score (nSPS) is 24.3. The Labute approximate surface area is 520 Å². The second-order valence-corrected chi connectivity index (χ2v) is 22.9. The van der Waals surface area contributed by atoms with Crippen molar-refractivity contribution in [2.75, 3.05) is 19.8 Å². The van der Waals surface area contributed by atoms with Gasteiger partial charge in [0, 0.05) is 6.42 Å². The lowest BCUT2D eigenvalue weighted by atomic mass is 9.97. The summed E-state index contributed by atoms with van der Waals surface area (Å²) in [7, 11) is 0. The molecule has 9 N–H and O–H groups in total. The molecule has 86 heavy (non-hydrogen) atoms. The van der Waals surface area contributed by atoms with Crippen molar-refractivity contribution in [2.45, 2.75) is 293 Å². The second-order valence-electron chi connectivity index (χ2n) is 22.9. The summed E-state index contributed by atoms with van der Waals surface area (Å²) >= 11 is 0. The van der Waals surface area contributed by atoms with Crippen molar-refractivity contribution in [2.24, 2.45) is 0 Å². The van der Waals surface area contributed by atoms with E-state index < -0.39 is 86.8 Å². The number of rotatable bonds is 52. The van der Waals surface area contributed by atoms with Gasteiger partial charge in [0.2, 0.25) is 5.91 Å². The summed E-state index contributed by atoms with van der Waals surface area (Å²) in [5.74, 6) is -0.259. The largest absolute Gasteiger partial charge is 0.394 e. The molecule has 14 heteroatoms. The fraction of sp³-hybridized carbons (Fsp3) is 0.681. The molecule has 1 amide bonds. The first-order valence-electron chi connectivity index (χ1n) is 33.4. The molecular formula is C72H119NO13. The van der Waals surface area contributed by atoms with Gasteiger partial charge in [0.15, 0.2) is 12.6 Å². The van der Waals surface area contributed by atoms with Gasteiger partial charge in [-0.2, -0.15) is 0 Å². The zero-order chi connectivity index (χ0) is 62.3. The summed E-state index contributed by atoms with van der Waals surface area (Å²) in [6.07, 6.45) is 65.1. The van der Waals surface area contributed by atoms with E-state index in [1.54, 1.807) is 6.08 Å². The van der Waals surface area contributed by atoms with Crippen LogP contribution in [-0.2, 0) is 23.7 Å². The van der Waals surface area contributed by atoms with Gasteiger partial charge in [-0.1, -0.05) is 244 Å². The van der Waals surface area contributed by atoms with Crippen molar-refractivity contribution in [1.82, 2.24) is 5.32 Å². The first kappa shape index (κ1) is 78.2. The van der Waals surface area contributed by atoms with Crippen LogP contribution in [0.5, 0.6) is 0 Å². The molecule has 2 fully saturated rings. The molecule has 2 aliphatic heterocycles. The quantitative estimate of drug-likeness (QED) is 0.0204. The van der Waals surface area contributed by atoms with Crippen molar-refractivity contribution in [1.29, 1.82) is 0 Å². The van der Waals surface area contributed by atoms with Crippen molar-refractivity contribution in [3.05, 3.63) is 134 Å². The maximum Gasteiger partial charge on any atom is 0.220 e. The fourth-order valence-electron chi connectivity index (χ4n) is 10.0. The Morgan fingerprint density at radius 2 is 0.814 bits per heavy atom. The Balaban J connectivity index is 1.62. The van der Waals surface area contributed by atoms with Crippen molar-refractivity contribution in [3.63, 3.8) is 0 Å². The number of aliphatic hydroxyl groups is 8. The third-order valence-electron chi connectivity index (χ3n) is 15.3. The van der Waals surface area contributed by atoms with Crippen LogP contribution in [0.4, 0.5) is 0 Å². The molecule has 0 bridgehead atoms. The molecule has 2 aliphatic rings. The molecular weight excluding hydrogens is 1090 g/mol. The van der Waals surface area contributed by atoms with E-state index in [9.17, 15) is 45.6 Å². The molecule has 12 atom stereocenters. The number of ether oxygens (including phenoxy) is 4. The number of carbonyl (C=O) groups is 1. The van der Waals surface area contributed by atoms with E-state index in [-0.39, 0.29) is 18.9 Å². The van der Waals surface area contributed by atoms with Gasteiger partial charge in [-0.05, 0) is 103 Å². The van der Waals surface area contributed by atoms with Gasteiger partial charge in [-0.3, -0.25) is 4.79 Å². The third kappa shape index (κ3) is 39.2. The lowest BCUT2D eigenvalue weighted by molar-refractivity contribution is -0.359. The topological polar surface area (TPSA) is 228 Å². The fourth-order valence-corrected chi connectivity index (χ4v) is 10.0. The zero-order valence-corrected chi connectivity index (χ0v) is 53.0. The molecule has 0 radical (unpaired) electrons. The molecule has 0 saturated carbocycles. The van der Waals surface area contributed by atoms with Crippen molar-refractivity contribution >= 4 is 5.91 Å². The average Bonchev–Trinajstić information content (AvgIpc) is 2.76. The average molecular weight is 1210 g/mol. The predicted octanol–water partition coefficient (Wildman–Crippen LogP) is 13.1. The number of hydrogen-bond donors (Lipinski definition) is 9. The number of allylic oxidation sites excluding steroid dienone is 21. The third-order valence-corrected chi connectivity index (χ3v) is 15.3. The Bertz CT molecular complexity index is 1950. The number of amides is 1. The van der Waals surface area contributed by atoms with E-state index in [1.807, 2.05) is 6.08 Å². The standard InChI is InChI=1S/C72H119NO13/c1-3-5-7-9-11-13-15-17-18-19-20-21-22-23-24-25-26-27-28-29-30-31-32-33-34-35-36-37-38-39-40-41-42-44-46-48-50-52-54-56-64(77)73-60(61(76)55-53-51-49-47-45-43-16-14-12-10-8-6-4-2)59-83-71-69(82)67(80)70(63(58-75)85-71)86-72-68(81)66(79)65(78)62(57-74)84-72/h5,7,11,13,17-18,20-21,23-24,26-27,29-30,32-33,35-36,45,47,53,55,60-63,65-72,74-76,78-82H,3-4,6,8-10,12,14-16,19,22,25,28,31,34,37-44,46,48-52,54,56-59H2,1-2H3,(H,73,77)/b7-5-,13-11-,18-17-,21-20-,24-23-,27-26-,30-29-,33-32-,36-35-,47-45+,55-53+. The van der Waals surface area contributed by atoms with E-state index in [0.29, 0.717) is 12.8 Å². The molecule has 0 aromatic rings. The van der Waals surface area contributed by atoms with Crippen molar-refractivity contribution in [3.8, 4) is 0 Å². The summed E-state index contributed by atoms with van der Waals surface area (Å²) in [6.45, 7) is 2.63. The van der Waals surface area contributed by atoms with Crippen LogP contribution in [0.1, 0.15) is 219 Å². The van der Waals surface area contributed by atoms with Crippen LogP contribution >= 0.6 is 0 Å². The van der Waals surface area contributed by atoms with Crippen LogP contribution in [0.15, 0.2) is 134 Å². The number of carbonyl (C=O) groups excluding carboxylic acids is 1. The molecule has 0 aromatic carbocycles. The molecule has 12 unspecified atom stereocenters. The van der Waals surface area contributed by atoms with Gasteiger partial charge < -0.3 is 65.1 Å². The van der Waals surface area contributed by atoms with E-state index in [2.05, 4.69) is 141 Å². The molecule has 14 nitrogen and oxygen atoms in total. The smallest absolute Gasteiger partial charge is 0.220 e. The van der Waals surface area contributed by atoms with Crippen LogP contribution in [0.3, 0.4) is 0 Å². The Morgan fingerprint density at radius 3 is 1.28 bits per heavy atom. The van der Waals surface area contributed by atoms with Gasteiger partial charge in [-0.25, -0.2) is 0 Å². The van der Waals surface area contributed by atoms with Crippen LogP contribution in [-0.4, -0.2) is 140 Å². The minimum Gasteiger partial charge on any atom is -0.394 e. The maximum absolute atomic E-state index is 13.3. The Kier molecular flexibility index (Phi) is 50.2. The molecule has 2 heterocycles. The zero-order valence-electron chi connectivity index (χ0n) is 53.0. The summed E-state index contributed by atoms with van der Waals surface area (Å²) < 4.78 is 22.8. The molecule has 2 rings (SSSR count). The number of hydrogen-bond acceptors (Lipinski definition) is 13. The van der Waals surface area contributed by atoms with Gasteiger partial charge in [0.05, 0.1) is 32.0 Å². The van der Waals surface area contributed by atoms with E-state index in [0.717, 1.165) is 96.3 Å². The van der Waals surface area contributed by atoms with Crippen LogP contribution < -0.4 is 5.32 Å². The Hall–Kier alpha value is -3.87. The monoisotopic (exact) mass is 1210 g/mol. The molecule has 0 aliphatic carbocycles. The van der Waals surface area contributed by atoms with Gasteiger partial charge in [0.25, 0.3) is 0 Å². The van der Waals surface area contributed by atoms with Crippen LogP contribution in [0.2, 0.25) is 0 Å².